The van der Waals surface area contributed by atoms with E-state index >= 15 is 0 Å². The van der Waals surface area contributed by atoms with Crippen molar-refractivity contribution in [2.24, 2.45) is 0 Å². The predicted octanol–water partition coefficient (Wildman–Crippen LogP) is 3.33. The molecule has 1 saturated heterocycles. The number of phenols is 1. The van der Waals surface area contributed by atoms with Crippen LogP contribution in [0.2, 0.25) is 0 Å². The SMILES string of the molecule is CC(c1cc(Br)ccc1O)N1CCOCC1(C)C. The van der Waals surface area contributed by atoms with Gasteiger partial charge in [0.1, 0.15) is 5.75 Å². The highest BCUT2D eigenvalue weighted by atomic mass is 79.9. The number of rotatable bonds is 2. The molecular formula is C14H20BrNO2. The predicted molar refractivity (Wildman–Crippen MR) is 75.8 cm³/mol. The molecule has 0 bridgehead atoms. The third-order valence-corrected chi connectivity index (χ3v) is 4.11. The fourth-order valence-electron chi connectivity index (χ4n) is 2.62. The largest absolute Gasteiger partial charge is 0.508 e. The zero-order valence-electron chi connectivity index (χ0n) is 11.1. The first kappa shape index (κ1) is 13.8. The summed E-state index contributed by atoms with van der Waals surface area (Å²) >= 11 is 3.46. The molecule has 0 aromatic heterocycles. The van der Waals surface area contributed by atoms with E-state index in [9.17, 15) is 5.11 Å². The van der Waals surface area contributed by atoms with Crippen LogP contribution >= 0.6 is 15.9 Å². The lowest BCUT2D eigenvalue weighted by Gasteiger charge is -2.45. The van der Waals surface area contributed by atoms with Crippen LogP contribution < -0.4 is 0 Å². The summed E-state index contributed by atoms with van der Waals surface area (Å²) in [6.07, 6.45) is 0. The van der Waals surface area contributed by atoms with Crippen molar-refractivity contribution in [1.82, 2.24) is 4.90 Å². The Balaban J connectivity index is 2.29. The summed E-state index contributed by atoms with van der Waals surface area (Å²) in [5.74, 6) is 0.355. The summed E-state index contributed by atoms with van der Waals surface area (Å²) in [6, 6.07) is 5.76. The molecule has 2 rings (SSSR count). The second kappa shape index (κ2) is 5.19. The van der Waals surface area contributed by atoms with Crippen LogP contribution in [0.5, 0.6) is 5.75 Å². The molecule has 100 valence electrons. The molecule has 1 atom stereocenters. The summed E-state index contributed by atoms with van der Waals surface area (Å²) in [5.41, 5.74) is 0.950. The average Bonchev–Trinajstić information content (AvgIpc) is 2.31. The van der Waals surface area contributed by atoms with E-state index in [4.69, 9.17) is 4.74 Å². The number of hydrogen-bond donors (Lipinski definition) is 1. The Morgan fingerprint density at radius 3 is 2.83 bits per heavy atom. The normalized spacial score (nSPS) is 21.8. The van der Waals surface area contributed by atoms with Crippen LogP contribution in [0.4, 0.5) is 0 Å². The van der Waals surface area contributed by atoms with Gasteiger partial charge in [-0.15, -0.1) is 0 Å². The minimum atomic E-state index is -0.00752. The molecule has 1 N–H and O–H groups in total. The van der Waals surface area contributed by atoms with Gasteiger partial charge in [-0.3, -0.25) is 4.90 Å². The number of nitrogens with zero attached hydrogens (tertiary/aromatic N) is 1. The van der Waals surface area contributed by atoms with Gasteiger partial charge in [0.25, 0.3) is 0 Å². The molecule has 0 radical (unpaired) electrons. The molecule has 1 aromatic rings. The smallest absolute Gasteiger partial charge is 0.120 e. The summed E-state index contributed by atoms with van der Waals surface area (Å²) < 4.78 is 6.54. The first-order chi connectivity index (χ1) is 8.42. The topological polar surface area (TPSA) is 32.7 Å². The number of halogens is 1. The van der Waals surface area contributed by atoms with E-state index in [1.54, 1.807) is 6.07 Å². The molecular weight excluding hydrogens is 294 g/mol. The van der Waals surface area contributed by atoms with Crippen LogP contribution in [0.15, 0.2) is 22.7 Å². The van der Waals surface area contributed by atoms with Crippen molar-refractivity contribution in [1.29, 1.82) is 0 Å². The van der Waals surface area contributed by atoms with Crippen LogP contribution in [-0.4, -0.2) is 35.3 Å². The Morgan fingerprint density at radius 2 is 2.17 bits per heavy atom. The monoisotopic (exact) mass is 313 g/mol. The molecule has 1 aliphatic heterocycles. The molecule has 0 saturated carbocycles. The standard InChI is InChI=1S/C14H20BrNO2/c1-10(12-8-11(15)4-5-13(12)17)16-6-7-18-9-14(16,2)3/h4-5,8,10,17H,6-7,9H2,1-3H3. The van der Waals surface area contributed by atoms with E-state index in [0.29, 0.717) is 5.75 Å². The summed E-state index contributed by atoms with van der Waals surface area (Å²) in [5, 5.41) is 10.0. The first-order valence-corrected chi connectivity index (χ1v) is 7.04. The molecule has 1 heterocycles. The van der Waals surface area contributed by atoms with Gasteiger partial charge in [-0.2, -0.15) is 0 Å². The van der Waals surface area contributed by atoms with Gasteiger partial charge in [-0.05, 0) is 39.0 Å². The molecule has 18 heavy (non-hydrogen) atoms. The third kappa shape index (κ3) is 2.71. The number of benzene rings is 1. The summed E-state index contributed by atoms with van der Waals surface area (Å²) in [4.78, 5) is 2.39. The Morgan fingerprint density at radius 1 is 1.44 bits per heavy atom. The lowest BCUT2D eigenvalue weighted by atomic mass is 9.96. The molecule has 0 aliphatic carbocycles. The van der Waals surface area contributed by atoms with E-state index in [0.717, 1.165) is 29.8 Å². The highest BCUT2D eigenvalue weighted by Gasteiger charge is 2.35. The number of ether oxygens (including phenoxy) is 1. The van der Waals surface area contributed by atoms with Crippen molar-refractivity contribution in [2.75, 3.05) is 19.8 Å². The van der Waals surface area contributed by atoms with Crippen LogP contribution in [0, 0.1) is 0 Å². The van der Waals surface area contributed by atoms with E-state index in [1.165, 1.54) is 0 Å². The quantitative estimate of drug-likeness (QED) is 0.909. The van der Waals surface area contributed by atoms with Gasteiger partial charge in [-0.1, -0.05) is 15.9 Å². The molecule has 0 amide bonds. The minimum Gasteiger partial charge on any atom is -0.508 e. The van der Waals surface area contributed by atoms with Gasteiger partial charge >= 0.3 is 0 Å². The van der Waals surface area contributed by atoms with Gasteiger partial charge in [0.2, 0.25) is 0 Å². The highest BCUT2D eigenvalue weighted by molar-refractivity contribution is 9.10. The van der Waals surface area contributed by atoms with Crippen LogP contribution in [-0.2, 0) is 4.74 Å². The van der Waals surface area contributed by atoms with E-state index in [-0.39, 0.29) is 11.6 Å². The van der Waals surface area contributed by atoms with Gasteiger partial charge in [0.05, 0.1) is 13.2 Å². The van der Waals surface area contributed by atoms with Crippen molar-refractivity contribution < 1.29 is 9.84 Å². The molecule has 3 nitrogen and oxygen atoms in total. The lowest BCUT2D eigenvalue weighted by molar-refractivity contribution is -0.0698. The number of phenolic OH excluding ortho intramolecular Hbond substituents is 1. The van der Waals surface area contributed by atoms with Crippen LogP contribution in [0.3, 0.4) is 0 Å². The average molecular weight is 314 g/mol. The van der Waals surface area contributed by atoms with Crippen molar-refractivity contribution in [2.45, 2.75) is 32.4 Å². The fraction of sp³-hybridized carbons (Fsp3) is 0.571. The molecule has 4 heteroatoms. The molecule has 1 aliphatic rings. The van der Waals surface area contributed by atoms with Gasteiger partial charge in [-0.25, -0.2) is 0 Å². The Hall–Kier alpha value is -0.580. The highest BCUT2D eigenvalue weighted by Crippen LogP contribution is 2.35. The molecule has 1 aromatic carbocycles. The second-order valence-electron chi connectivity index (χ2n) is 5.44. The third-order valence-electron chi connectivity index (χ3n) is 3.62. The van der Waals surface area contributed by atoms with E-state index in [2.05, 4.69) is 41.6 Å². The lowest BCUT2D eigenvalue weighted by Crippen LogP contribution is -2.53. The summed E-state index contributed by atoms with van der Waals surface area (Å²) in [6.45, 7) is 8.86. The maximum absolute atomic E-state index is 10.0. The minimum absolute atomic E-state index is 0.00752. The van der Waals surface area contributed by atoms with E-state index < -0.39 is 0 Å². The Bertz CT molecular complexity index is 434. The van der Waals surface area contributed by atoms with E-state index in [1.807, 2.05) is 12.1 Å². The zero-order chi connectivity index (χ0) is 13.3. The van der Waals surface area contributed by atoms with Crippen molar-refractivity contribution in [3.63, 3.8) is 0 Å². The molecule has 0 spiro atoms. The van der Waals surface area contributed by atoms with Crippen molar-refractivity contribution in [3.05, 3.63) is 28.2 Å². The number of aromatic hydroxyl groups is 1. The molecule has 1 unspecified atom stereocenters. The number of morpholine rings is 1. The Kier molecular flexibility index (Phi) is 3.99. The van der Waals surface area contributed by atoms with Gasteiger partial charge < -0.3 is 9.84 Å². The van der Waals surface area contributed by atoms with Gasteiger partial charge in [0.15, 0.2) is 0 Å². The van der Waals surface area contributed by atoms with Gasteiger partial charge in [0, 0.05) is 28.2 Å². The fourth-order valence-corrected chi connectivity index (χ4v) is 2.99. The number of hydrogen-bond acceptors (Lipinski definition) is 3. The zero-order valence-corrected chi connectivity index (χ0v) is 12.7. The maximum Gasteiger partial charge on any atom is 0.120 e. The second-order valence-corrected chi connectivity index (χ2v) is 6.35. The first-order valence-electron chi connectivity index (χ1n) is 6.25. The van der Waals surface area contributed by atoms with Crippen LogP contribution in [0.1, 0.15) is 32.4 Å². The van der Waals surface area contributed by atoms with Crippen molar-refractivity contribution in [3.8, 4) is 5.75 Å². The van der Waals surface area contributed by atoms with Crippen LogP contribution in [0.25, 0.3) is 0 Å². The maximum atomic E-state index is 10.0. The Labute approximate surface area is 117 Å². The molecule has 1 fully saturated rings. The van der Waals surface area contributed by atoms with Crippen molar-refractivity contribution >= 4 is 15.9 Å². The summed E-state index contributed by atoms with van der Waals surface area (Å²) in [7, 11) is 0.